The fourth-order valence-electron chi connectivity index (χ4n) is 2.23. The lowest BCUT2D eigenvalue weighted by molar-refractivity contribution is -0.132. The van der Waals surface area contributed by atoms with Gasteiger partial charge in [-0.15, -0.1) is 0 Å². The van der Waals surface area contributed by atoms with Crippen molar-refractivity contribution in [3.05, 3.63) is 54.0 Å². The number of amides is 1. The van der Waals surface area contributed by atoms with Crippen LogP contribution < -0.4 is 4.74 Å². The number of benzene rings is 1. The van der Waals surface area contributed by atoms with Crippen LogP contribution in [0.15, 0.2) is 47.1 Å². The van der Waals surface area contributed by atoms with Crippen LogP contribution in [0, 0.1) is 6.92 Å². The molecule has 0 fully saturated rings. The second kappa shape index (κ2) is 7.69. The lowest BCUT2D eigenvalue weighted by Crippen LogP contribution is -2.29. The number of ether oxygens (including phenoxy) is 1. The van der Waals surface area contributed by atoms with Gasteiger partial charge in [0.1, 0.15) is 11.5 Å². The molecule has 0 aliphatic rings. The molecular weight excluding hydrogens is 278 g/mol. The summed E-state index contributed by atoms with van der Waals surface area (Å²) >= 11 is 0. The van der Waals surface area contributed by atoms with E-state index in [0.717, 1.165) is 11.5 Å². The highest BCUT2D eigenvalue weighted by Crippen LogP contribution is 2.20. The van der Waals surface area contributed by atoms with Gasteiger partial charge in [0.2, 0.25) is 5.91 Å². The van der Waals surface area contributed by atoms with Crippen LogP contribution in [0.5, 0.6) is 5.75 Å². The largest absolute Gasteiger partial charge is 0.494 e. The third-order valence-corrected chi connectivity index (χ3v) is 3.72. The maximum atomic E-state index is 12.2. The molecule has 118 valence electrons. The van der Waals surface area contributed by atoms with E-state index < -0.39 is 0 Å². The highest BCUT2D eigenvalue weighted by molar-refractivity contribution is 5.76. The molecule has 0 spiro atoms. The predicted octanol–water partition coefficient (Wildman–Crippen LogP) is 3.97. The molecule has 1 unspecified atom stereocenters. The van der Waals surface area contributed by atoms with Crippen LogP contribution >= 0.6 is 0 Å². The third-order valence-electron chi connectivity index (χ3n) is 3.72. The Morgan fingerprint density at radius 3 is 2.82 bits per heavy atom. The smallest absolute Gasteiger partial charge is 0.223 e. The summed E-state index contributed by atoms with van der Waals surface area (Å²) in [5.74, 6) is 1.74. The molecule has 1 aromatic carbocycles. The van der Waals surface area contributed by atoms with E-state index in [1.165, 1.54) is 5.56 Å². The topological polar surface area (TPSA) is 42.7 Å². The Morgan fingerprint density at radius 1 is 1.32 bits per heavy atom. The van der Waals surface area contributed by atoms with Crippen LogP contribution in [0.3, 0.4) is 0 Å². The lowest BCUT2D eigenvalue weighted by atomic mass is 10.2. The van der Waals surface area contributed by atoms with E-state index in [-0.39, 0.29) is 11.9 Å². The molecule has 4 heteroatoms. The zero-order valence-electron chi connectivity index (χ0n) is 13.4. The molecule has 1 heterocycles. The van der Waals surface area contributed by atoms with Gasteiger partial charge in [0, 0.05) is 13.5 Å². The summed E-state index contributed by atoms with van der Waals surface area (Å²) < 4.78 is 11.0. The number of furan rings is 1. The molecule has 0 radical (unpaired) electrons. The highest BCUT2D eigenvalue weighted by atomic mass is 16.5. The number of hydrogen-bond acceptors (Lipinski definition) is 3. The number of aryl methyl sites for hydroxylation is 1. The number of hydrogen-bond donors (Lipinski definition) is 0. The molecule has 4 nitrogen and oxygen atoms in total. The Labute approximate surface area is 131 Å². The summed E-state index contributed by atoms with van der Waals surface area (Å²) in [6.45, 7) is 4.53. The first kappa shape index (κ1) is 16.1. The molecule has 1 aromatic heterocycles. The van der Waals surface area contributed by atoms with Crippen molar-refractivity contribution in [1.29, 1.82) is 0 Å². The maximum Gasteiger partial charge on any atom is 0.223 e. The molecule has 2 aromatic rings. The first-order valence-electron chi connectivity index (χ1n) is 7.56. The summed E-state index contributed by atoms with van der Waals surface area (Å²) in [6.07, 6.45) is 2.79. The van der Waals surface area contributed by atoms with Gasteiger partial charge in [0.25, 0.3) is 0 Å². The molecule has 0 saturated heterocycles. The van der Waals surface area contributed by atoms with Crippen LogP contribution in [0.25, 0.3) is 0 Å². The average Bonchev–Trinajstić information content (AvgIpc) is 3.04. The van der Waals surface area contributed by atoms with E-state index in [1.54, 1.807) is 18.2 Å². The fourth-order valence-corrected chi connectivity index (χ4v) is 2.23. The monoisotopic (exact) mass is 301 g/mol. The van der Waals surface area contributed by atoms with Crippen LogP contribution in [0.2, 0.25) is 0 Å². The van der Waals surface area contributed by atoms with Gasteiger partial charge in [0.15, 0.2) is 0 Å². The van der Waals surface area contributed by atoms with Crippen molar-refractivity contribution in [1.82, 2.24) is 4.90 Å². The molecule has 0 N–H and O–H groups in total. The molecule has 0 bridgehead atoms. The predicted molar refractivity (Wildman–Crippen MR) is 85.8 cm³/mol. The zero-order chi connectivity index (χ0) is 15.9. The van der Waals surface area contributed by atoms with Crippen LogP contribution in [0.4, 0.5) is 0 Å². The first-order chi connectivity index (χ1) is 10.6. The summed E-state index contributed by atoms with van der Waals surface area (Å²) in [7, 11) is 1.80. The van der Waals surface area contributed by atoms with Gasteiger partial charge in [-0.3, -0.25) is 4.79 Å². The van der Waals surface area contributed by atoms with Crippen LogP contribution in [-0.2, 0) is 4.79 Å². The second-order valence-corrected chi connectivity index (χ2v) is 5.46. The first-order valence-corrected chi connectivity index (χ1v) is 7.56. The van der Waals surface area contributed by atoms with Gasteiger partial charge >= 0.3 is 0 Å². The lowest BCUT2D eigenvalue weighted by Gasteiger charge is -2.23. The average molecular weight is 301 g/mol. The molecule has 1 atom stereocenters. The number of carbonyl (C=O) groups is 1. The SMILES string of the molecule is Cc1cccc(OCCCC(=O)N(C)C(C)c2ccco2)c1. The van der Waals surface area contributed by atoms with Crippen LogP contribution in [-0.4, -0.2) is 24.5 Å². The molecule has 0 aliphatic carbocycles. The van der Waals surface area contributed by atoms with E-state index in [9.17, 15) is 4.79 Å². The molecule has 2 rings (SSSR count). The molecule has 0 aliphatic heterocycles. The Bertz CT molecular complexity index is 592. The van der Waals surface area contributed by atoms with E-state index in [1.807, 2.05) is 50.2 Å². The maximum absolute atomic E-state index is 12.2. The minimum atomic E-state index is -0.0554. The van der Waals surface area contributed by atoms with Crippen molar-refractivity contribution < 1.29 is 13.9 Å². The fraction of sp³-hybridized carbons (Fsp3) is 0.389. The van der Waals surface area contributed by atoms with Crippen molar-refractivity contribution >= 4 is 5.91 Å². The zero-order valence-corrected chi connectivity index (χ0v) is 13.4. The Balaban J connectivity index is 1.73. The van der Waals surface area contributed by atoms with Gasteiger partial charge in [-0.25, -0.2) is 0 Å². The summed E-state index contributed by atoms with van der Waals surface area (Å²) in [5, 5.41) is 0. The van der Waals surface area contributed by atoms with Crippen molar-refractivity contribution in [2.45, 2.75) is 32.7 Å². The van der Waals surface area contributed by atoms with E-state index in [4.69, 9.17) is 9.15 Å². The minimum Gasteiger partial charge on any atom is -0.494 e. The Kier molecular flexibility index (Phi) is 5.64. The Morgan fingerprint density at radius 2 is 2.14 bits per heavy atom. The normalized spacial score (nSPS) is 12.0. The van der Waals surface area contributed by atoms with E-state index >= 15 is 0 Å². The van der Waals surface area contributed by atoms with Gasteiger partial charge in [0.05, 0.1) is 18.9 Å². The van der Waals surface area contributed by atoms with Crippen molar-refractivity contribution in [2.75, 3.05) is 13.7 Å². The molecular formula is C18H23NO3. The van der Waals surface area contributed by atoms with E-state index in [0.29, 0.717) is 19.4 Å². The van der Waals surface area contributed by atoms with Crippen molar-refractivity contribution in [3.63, 3.8) is 0 Å². The van der Waals surface area contributed by atoms with Gasteiger partial charge in [-0.1, -0.05) is 12.1 Å². The summed E-state index contributed by atoms with van der Waals surface area (Å²) in [6, 6.07) is 11.6. The standard InChI is InChI=1S/C18H23NO3/c1-14-7-4-8-16(13-14)21-11-6-10-18(20)19(3)15(2)17-9-5-12-22-17/h4-5,7-9,12-13,15H,6,10-11H2,1-3H3. The minimum absolute atomic E-state index is 0.0554. The molecule has 22 heavy (non-hydrogen) atoms. The van der Waals surface area contributed by atoms with Gasteiger partial charge in [-0.2, -0.15) is 0 Å². The number of nitrogens with zero attached hydrogens (tertiary/aromatic N) is 1. The Hall–Kier alpha value is -2.23. The van der Waals surface area contributed by atoms with Gasteiger partial charge < -0.3 is 14.1 Å². The van der Waals surface area contributed by atoms with Crippen molar-refractivity contribution in [2.24, 2.45) is 0 Å². The summed E-state index contributed by atoms with van der Waals surface area (Å²) in [4.78, 5) is 13.9. The highest BCUT2D eigenvalue weighted by Gasteiger charge is 2.18. The molecule has 1 amide bonds. The number of carbonyl (C=O) groups excluding carboxylic acids is 1. The van der Waals surface area contributed by atoms with Crippen LogP contribution in [0.1, 0.15) is 37.1 Å². The number of rotatable bonds is 7. The molecule has 0 saturated carbocycles. The summed E-state index contributed by atoms with van der Waals surface area (Å²) in [5.41, 5.74) is 1.17. The van der Waals surface area contributed by atoms with Gasteiger partial charge in [-0.05, 0) is 50.1 Å². The van der Waals surface area contributed by atoms with E-state index in [2.05, 4.69) is 0 Å². The second-order valence-electron chi connectivity index (χ2n) is 5.46. The van der Waals surface area contributed by atoms with Crippen molar-refractivity contribution in [3.8, 4) is 5.75 Å². The quantitative estimate of drug-likeness (QED) is 0.727. The third kappa shape index (κ3) is 4.38.